The molecule has 0 bridgehead atoms. The number of rotatable bonds is 4. The second kappa shape index (κ2) is 7.02. The third-order valence-electron chi connectivity index (χ3n) is 4.19. The fourth-order valence-electron chi connectivity index (χ4n) is 2.98. The summed E-state index contributed by atoms with van der Waals surface area (Å²) in [6.45, 7) is 2.08. The van der Waals surface area contributed by atoms with Gasteiger partial charge in [-0.25, -0.2) is 0 Å². The third kappa shape index (κ3) is 3.19. The van der Waals surface area contributed by atoms with Crippen LogP contribution in [0, 0.1) is 6.92 Å². The number of benzene rings is 2. The zero-order valence-electron chi connectivity index (χ0n) is 14.3. The summed E-state index contributed by atoms with van der Waals surface area (Å²) in [5.41, 5.74) is 5.08. The second-order valence-corrected chi connectivity index (χ2v) is 6.99. The fourth-order valence-corrected chi connectivity index (χ4v) is 3.95. The van der Waals surface area contributed by atoms with Crippen molar-refractivity contribution in [3.63, 3.8) is 0 Å². The van der Waals surface area contributed by atoms with Crippen LogP contribution in [0.4, 0.5) is 5.69 Å². The van der Waals surface area contributed by atoms with Gasteiger partial charge in [0.15, 0.2) is 0 Å². The Balaban J connectivity index is 1.79. The van der Waals surface area contributed by atoms with Crippen LogP contribution in [0.5, 0.6) is 0 Å². The average molecular weight is 358 g/mol. The van der Waals surface area contributed by atoms with E-state index in [4.69, 9.17) is 0 Å². The molecule has 128 valence electrons. The van der Waals surface area contributed by atoms with Crippen molar-refractivity contribution in [2.75, 3.05) is 5.32 Å². The lowest BCUT2D eigenvalue weighted by molar-refractivity contribution is 0.103. The maximum absolute atomic E-state index is 12.9. The van der Waals surface area contributed by atoms with E-state index in [0.717, 1.165) is 22.5 Å². The number of aryl methyl sites for hydroxylation is 1. The Morgan fingerprint density at radius 2 is 1.73 bits per heavy atom. The summed E-state index contributed by atoms with van der Waals surface area (Å²) in [7, 11) is 0. The van der Waals surface area contributed by atoms with Gasteiger partial charge < -0.3 is 9.88 Å². The molecule has 0 fully saturated rings. The van der Waals surface area contributed by atoms with Gasteiger partial charge >= 0.3 is 0 Å². The number of aromatic nitrogens is 1. The van der Waals surface area contributed by atoms with Crippen LogP contribution in [0.1, 0.15) is 15.2 Å². The molecule has 1 N–H and O–H groups in total. The highest BCUT2D eigenvalue weighted by molar-refractivity contribution is 7.13. The highest BCUT2D eigenvalue weighted by Crippen LogP contribution is 2.35. The number of para-hydroxylation sites is 1. The lowest BCUT2D eigenvalue weighted by Crippen LogP contribution is -2.12. The highest BCUT2D eigenvalue weighted by atomic mass is 32.1. The maximum atomic E-state index is 12.9. The van der Waals surface area contributed by atoms with Crippen molar-refractivity contribution in [2.24, 2.45) is 0 Å². The SMILES string of the molecule is Cc1cccc(-c2csc(C(=O)Nc3ccccc3)c2-n2cccc2)c1. The molecule has 26 heavy (non-hydrogen) atoms. The molecule has 0 aliphatic carbocycles. The smallest absolute Gasteiger partial charge is 0.267 e. The van der Waals surface area contributed by atoms with Gasteiger partial charge in [0.05, 0.1) is 5.69 Å². The number of nitrogens with one attached hydrogen (secondary N) is 1. The molecule has 0 saturated heterocycles. The number of hydrogen-bond donors (Lipinski definition) is 1. The Morgan fingerprint density at radius 3 is 2.46 bits per heavy atom. The number of thiophene rings is 1. The Morgan fingerprint density at radius 1 is 0.962 bits per heavy atom. The summed E-state index contributed by atoms with van der Waals surface area (Å²) in [5, 5.41) is 5.05. The zero-order chi connectivity index (χ0) is 17.9. The zero-order valence-corrected chi connectivity index (χ0v) is 15.2. The van der Waals surface area contributed by atoms with E-state index < -0.39 is 0 Å². The Labute approximate surface area is 156 Å². The van der Waals surface area contributed by atoms with Gasteiger partial charge in [0.2, 0.25) is 0 Å². The van der Waals surface area contributed by atoms with Crippen molar-refractivity contribution in [3.05, 3.63) is 94.9 Å². The molecule has 1 amide bonds. The predicted molar refractivity (Wildman–Crippen MR) is 108 cm³/mol. The lowest BCUT2D eigenvalue weighted by Gasteiger charge is -2.10. The molecule has 4 aromatic rings. The van der Waals surface area contributed by atoms with Crippen LogP contribution in [-0.4, -0.2) is 10.5 Å². The van der Waals surface area contributed by atoms with Crippen molar-refractivity contribution in [1.82, 2.24) is 4.57 Å². The first-order valence-corrected chi connectivity index (χ1v) is 9.28. The number of carbonyl (C=O) groups excluding carboxylic acids is 1. The van der Waals surface area contributed by atoms with Crippen molar-refractivity contribution in [1.29, 1.82) is 0 Å². The summed E-state index contributed by atoms with van der Waals surface area (Å²) in [4.78, 5) is 13.6. The van der Waals surface area contributed by atoms with Crippen molar-refractivity contribution in [3.8, 4) is 16.8 Å². The van der Waals surface area contributed by atoms with Crippen LogP contribution in [0.3, 0.4) is 0 Å². The van der Waals surface area contributed by atoms with E-state index in [2.05, 4.69) is 35.8 Å². The minimum absolute atomic E-state index is 0.0937. The van der Waals surface area contributed by atoms with Gasteiger partial charge in [0.1, 0.15) is 4.88 Å². The molecule has 2 aromatic carbocycles. The molecule has 3 nitrogen and oxygen atoms in total. The second-order valence-electron chi connectivity index (χ2n) is 6.11. The standard InChI is InChI=1S/C22H18N2OS/c1-16-8-7-9-17(14-16)19-15-26-21(20(19)24-12-5-6-13-24)22(25)23-18-10-3-2-4-11-18/h2-15H,1H3,(H,23,25). The number of carbonyl (C=O) groups is 1. The normalized spacial score (nSPS) is 10.7. The molecule has 0 aliphatic rings. The number of hydrogen-bond acceptors (Lipinski definition) is 2. The molecule has 0 radical (unpaired) electrons. The van der Waals surface area contributed by atoms with Gasteiger partial charge in [0, 0.05) is 29.0 Å². The quantitative estimate of drug-likeness (QED) is 0.494. The largest absolute Gasteiger partial charge is 0.322 e. The molecule has 0 aliphatic heterocycles. The molecule has 4 rings (SSSR count). The van der Waals surface area contributed by atoms with Gasteiger partial charge in [-0.05, 0) is 36.8 Å². The summed E-state index contributed by atoms with van der Waals surface area (Å²) >= 11 is 1.47. The first-order chi connectivity index (χ1) is 12.7. The summed E-state index contributed by atoms with van der Waals surface area (Å²) in [6.07, 6.45) is 3.95. The summed E-state index contributed by atoms with van der Waals surface area (Å²) in [6, 6.07) is 21.8. The molecule has 4 heteroatoms. The maximum Gasteiger partial charge on any atom is 0.267 e. The first kappa shape index (κ1) is 16.4. The van der Waals surface area contributed by atoms with Gasteiger partial charge in [-0.1, -0.05) is 48.0 Å². The Hall–Kier alpha value is -3.11. The Kier molecular flexibility index (Phi) is 4.42. The topological polar surface area (TPSA) is 34.0 Å². The van der Waals surface area contributed by atoms with Crippen LogP contribution in [0.2, 0.25) is 0 Å². The minimum atomic E-state index is -0.0937. The molecular weight excluding hydrogens is 340 g/mol. The van der Waals surface area contributed by atoms with E-state index in [1.54, 1.807) is 0 Å². The van der Waals surface area contributed by atoms with E-state index in [-0.39, 0.29) is 5.91 Å². The molecule has 2 heterocycles. The van der Waals surface area contributed by atoms with E-state index in [9.17, 15) is 4.79 Å². The first-order valence-electron chi connectivity index (χ1n) is 8.40. The van der Waals surface area contributed by atoms with E-state index >= 15 is 0 Å². The van der Waals surface area contributed by atoms with Crippen LogP contribution in [0.25, 0.3) is 16.8 Å². The number of nitrogens with zero attached hydrogens (tertiary/aromatic N) is 1. The van der Waals surface area contributed by atoms with Crippen molar-refractivity contribution < 1.29 is 4.79 Å². The number of amides is 1. The number of anilines is 1. The molecular formula is C22H18N2OS. The summed E-state index contributed by atoms with van der Waals surface area (Å²) in [5.74, 6) is -0.0937. The molecule has 0 saturated carbocycles. The molecule has 0 atom stereocenters. The molecule has 2 aromatic heterocycles. The lowest BCUT2D eigenvalue weighted by atomic mass is 10.0. The fraction of sp³-hybridized carbons (Fsp3) is 0.0455. The summed E-state index contributed by atoms with van der Waals surface area (Å²) < 4.78 is 2.01. The van der Waals surface area contributed by atoms with Crippen LogP contribution < -0.4 is 5.32 Å². The van der Waals surface area contributed by atoms with Gasteiger partial charge in [-0.2, -0.15) is 0 Å². The van der Waals surface area contributed by atoms with Crippen molar-refractivity contribution >= 4 is 22.9 Å². The third-order valence-corrected chi connectivity index (χ3v) is 5.16. The van der Waals surface area contributed by atoms with Crippen LogP contribution in [0.15, 0.2) is 84.5 Å². The molecule has 0 unspecified atom stereocenters. The predicted octanol–water partition coefficient (Wildman–Crippen LogP) is 5.77. The minimum Gasteiger partial charge on any atom is -0.322 e. The Bertz CT molecular complexity index is 1030. The monoisotopic (exact) mass is 358 g/mol. The van der Waals surface area contributed by atoms with E-state index in [1.807, 2.05) is 65.5 Å². The van der Waals surface area contributed by atoms with Gasteiger partial charge in [-0.15, -0.1) is 11.3 Å². The average Bonchev–Trinajstić information content (AvgIpc) is 3.32. The van der Waals surface area contributed by atoms with Gasteiger partial charge in [-0.3, -0.25) is 4.79 Å². The van der Waals surface area contributed by atoms with Gasteiger partial charge in [0.25, 0.3) is 5.91 Å². The van der Waals surface area contributed by atoms with E-state index in [0.29, 0.717) is 4.88 Å². The van der Waals surface area contributed by atoms with Crippen molar-refractivity contribution in [2.45, 2.75) is 6.92 Å². The van der Waals surface area contributed by atoms with Crippen LogP contribution in [-0.2, 0) is 0 Å². The van der Waals surface area contributed by atoms with Crippen LogP contribution >= 0.6 is 11.3 Å². The van der Waals surface area contributed by atoms with E-state index in [1.165, 1.54) is 16.9 Å². The highest BCUT2D eigenvalue weighted by Gasteiger charge is 2.20. The molecule has 0 spiro atoms.